The number of ether oxygens (including phenoxy) is 1. The summed E-state index contributed by atoms with van der Waals surface area (Å²) < 4.78 is 6.09. The molecule has 1 saturated heterocycles. The molecular weight excluding hydrogens is 595 g/mol. The van der Waals surface area contributed by atoms with Crippen molar-refractivity contribution in [2.75, 3.05) is 57.9 Å². The average Bonchev–Trinajstić information content (AvgIpc) is 3.04. The van der Waals surface area contributed by atoms with Gasteiger partial charge in [-0.2, -0.15) is 15.0 Å². The van der Waals surface area contributed by atoms with Crippen LogP contribution in [0.2, 0.25) is 0 Å². The normalized spacial score (nSPS) is 14.6. The lowest BCUT2D eigenvalue weighted by molar-refractivity contribution is 0.130. The van der Waals surface area contributed by atoms with Gasteiger partial charge in [-0.05, 0) is 45.6 Å². The molecular formula is C37H69N5OS2. The lowest BCUT2D eigenvalue weighted by atomic mass is 10.1. The van der Waals surface area contributed by atoms with Crippen LogP contribution in [-0.4, -0.2) is 82.6 Å². The first-order valence-electron chi connectivity index (χ1n) is 18.9. The Kier molecular flexibility index (Phi) is 26.3. The summed E-state index contributed by atoms with van der Waals surface area (Å²) in [7, 11) is 2.20. The molecule has 0 saturated carbocycles. The second-order valence-electron chi connectivity index (χ2n) is 12.9. The SMILES string of the molecule is CCCCCCCC/C=C\CCCCCCCCSc1nc(OCCN2CCN(C)CC2)nc(SCCCCCCCCC)n1. The number of hydrogen-bond acceptors (Lipinski definition) is 8. The fourth-order valence-corrected chi connectivity index (χ4v) is 7.29. The molecule has 1 aromatic rings. The van der Waals surface area contributed by atoms with Gasteiger partial charge < -0.3 is 9.64 Å². The summed E-state index contributed by atoms with van der Waals surface area (Å²) >= 11 is 3.54. The van der Waals surface area contributed by atoms with Crippen LogP contribution in [0.4, 0.5) is 0 Å². The second-order valence-corrected chi connectivity index (χ2v) is 15.1. The van der Waals surface area contributed by atoms with E-state index < -0.39 is 0 Å². The highest BCUT2D eigenvalue weighted by Crippen LogP contribution is 2.24. The van der Waals surface area contributed by atoms with Crippen molar-refractivity contribution in [3.8, 4) is 6.01 Å². The van der Waals surface area contributed by atoms with E-state index >= 15 is 0 Å². The van der Waals surface area contributed by atoms with E-state index in [0.29, 0.717) is 12.6 Å². The van der Waals surface area contributed by atoms with Crippen LogP contribution in [0.1, 0.15) is 149 Å². The number of piperazine rings is 1. The van der Waals surface area contributed by atoms with Crippen molar-refractivity contribution < 1.29 is 4.74 Å². The van der Waals surface area contributed by atoms with Gasteiger partial charge in [0.25, 0.3) is 0 Å². The number of nitrogens with zero attached hydrogens (tertiary/aromatic N) is 5. The molecule has 0 radical (unpaired) electrons. The Balaban J connectivity index is 1.61. The first-order valence-corrected chi connectivity index (χ1v) is 20.9. The summed E-state index contributed by atoms with van der Waals surface area (Å²) in [6.07, 6.45) is 32.9. The van der Waals surface area contributed by atoms with Gasteiger partial charge in [0.1, 0.15) is 6.61 Å². The zero-order chi connectivity index (χ0) is 32.0. The standard InChI is InChI=1S/C37H69N5OS2/c1-4-6-8-10-12-13-14-15-16-17-18-19-20-22-24-26-34-45-37-39-35(43-32-31-42-29-27-41(3)28-30-42)38-36(40-37)44-33-25-23-21-11-9-7-5-2/h15-16H,4-14,17-34H2,1-3H3/b16-15-. The predicted molar refractivity (Wildman–Crippen MR) is 198 cm³/mol. The van der Waals surface area contributed by atoms with Gasteiger partial charge in [0.15, 0.2) is 10.3 Å². The van der Waals surface area contributed by atoms with Crippen LogP contribution in [0, 0.1) is 0 Å². The van der Waals surface area contributed by atoms with Crippen LogP contribution in [-0.2, 0) is 0 Å². The van der Waals surface area contributed by atoms with Crippen LogP contribution in [0.25, 0.3) is 0 Å². The largest absolute Gasteiger partial charge is 0.462 e. The smallest absolute Gasteiger partial charge is 0.321 e. The Morgan fingerprint density at radius 2 is 1.02 bits per heavy atom. The Bertz CT molecular complexity index is 835. The average molecular weight is 664 g/mol. The Morgan fingerprint density at radius 3 is 1.51 bits per heavy atom. The third kappa shape index (κ3) is 23.2. The Labute approximate surface area is 287 Å². The molecule has 0 N–H and O–H groups in total. The highest BCUT2D eigenvalue weighted by molar-refractivity contribution is 7.99. The fraction of sp³-hybridized carbons (Fsp3) is 0.865. The van der Waals surface area contributed by atoms with Gasteiger partial charge in [-0.3, -0.25) is 4.90 Å². The molecule has 45 heavy (non-hydrogen) atoms. The molecule has 8 heteroatoms. The molecule has 0 unspecified atom stereocenters. The van der Waals surface area contributed by atoms with E-state index in [-0.39, 0.29) is 0 Å². The summed E-state index contributed by atoms with van der Waals surface area (Å²) in [5.74, 6) is 2.13. The van der Waals surface area contributed by atoms with Gasteiger partial charge in [0, 0.05) is 44.2 Å². The van der Waals surface area contributed by atoms with Gasteiger partial charge in [-0.25, -0.2) is 0 Å². The molecule has 0 aliphatic carbocycles. The maximum absolute atomic E-state index is 6.09. The summed E-state index contributed by atoms with van der Waals surface area (Å²) in [6, 6.07) is 0.504. The zero-order valence-electron chi connectivity index (χ0n) is 29.6. The minimum absolute atomic E-state index is 0.504. The van der Waals surface area contributed by atoms with Gasteiger partial charge in [-0.1, -0.05) is 146 Å². The molecule has 2 rings (SSSR count). The molecule has 0 aromatic carbocycles. The second kappa shape index (κ2) is 29.3. The summed E-state index contributed by atoms with van der Waals surface area (Å²) in [5, 5.41) is 1.66. The van der Waals surface area contributed by atoms with E-state index in [1.54, 1.807) is 23.5 Å². The Morgan fingerprint density at radius 1 is 0.578 bits per heavy atom. The lowest BCUT2D eigenvalue weighted by Gasteiger charge is -2.32. The zero-order valence-corrected chi connectivity index (χ0v) is 31.3. The topological polar surface area (TPSA) is 54.4 Å². The minimum atomic E-state index is 0.504. The van der Waals surface area contributed by atoms with Crippen molar-refractivity contribution in [3.63, 3.8) is 0 Å². The number of aromatic nitrogens is 3. The maximum atomic E-state index is 6.09. The van der Waals surface area contributed by atoms with Gasteiger partial charge in [-0.15, -0.1) is 0 Å². The molecule has 0 amide bonds. The Hall–Kier alpha value is -0.830. The van der Waals surface area contributed by atoms with E-state index in [2.05, 4.69) is 47.8 Å². The third-order valence-corrected chi connectivity index (χ3v) is 10.5. The molecule has 6 nitrogen and oxygen atoms in total. The predicted octanol–water partition coefficient (Wildman–Crippen LogP) is 10.5. The molecule has 1 fully saturated rings. The quantitative estimate of drug-likeness (QED) is 0.0458. The number of thioether (sulfide) groups is 2. The first kappa shape index (κ1) is 40.3. The van der Waals surface area contributed by atoms with Gasteiger partial charge >= 0.3 is 6.01 Å². The number of unbranched alkanes of at least 4 members (excludes halogenated alkanes) is 18. The van der Waals surface area contributed by atoms with Crippen molar-refractivity contribution in [2.24, 2.45) is 0 Å². The van der Waals surface area contributed by atoms with Crippen molar-refractivity contribution in [1.82, 2.24) is 24.8 Å². The molecule has 1 aliphatic rings. The highest BCUT2D eigenvalue weighted by Gasteiger charge is 2.14. The minimum Gasteiger partial charge on any atom is -0.462 e. The van der Waals surface area contributed by atoms with Crippen LogP contribution in [0.5, 0.6) is 6.01 Å². The highest BCUT2D eigenvalue weighted by atomic mass is 32.2. The summed E-state index contributed by atoms with van der Waals surface area (Å²) in [6.45, 7) is 10.6. The monoisotopic (exact) mass is 663 g/mol. The summed E-state index contributed by atoms with van der Waals surface area (Å²) in [4.78, 5) is 19.1. The van der Waals surface area contributed by atoms with Crippen molar-refractivity contribution in [1.29, 1.82) is 0 Å². The van der Waals surface area contributed by atoms with Crippen molar-refractivity contribution >= 4 is 23.5 Å². The molecule has 0 atom stereocenters. The fourth-order valence-electron chi connectivity index (χ4n) is 5.59. The molecule has 1 aliphatic heterocycles. The third-order valence-electron chi connectivity index (χ3n) is 8.67. The maximum Gasteiger partial charge on any atom is 0.321 e. The van der Waals surface area contributed by atoms with Crippen LogP contribution in [0.3, 0.4) is 0 Å². The van der Waals surface area contributed by atoms with Crippen molar-refractivity contribution in [2.45, 2.75) is 159 Å². The lowest BCUT2D eigenvalue weighted by Crippen LogP contribution is -2.45. The van der Waals surface area contributed by atoms with E-state index in [9.17, 15) is 0 Å². The number of rotatable bonds is 30. The van der Waals surface area contributed by atoms with E-state index in [1.807, 2.05) is 0 Å². The molecule has 260 valence electrons. The van der Waals surface area contributed by atoms with Gasteiger partial charge in [0.2, 0.25) is 0 Å². The number of allylic oxidation sites excluding steroid dienone is 2. The van der Waals surface area contributed by atoms with Crippen LogP contribution >= 0.6 is 23.5 Å². The van der Waals surface area contributed by atoms with E-state index in [4.69, 9.17) is 14.7 Å². The molecule has 0 bridgehead atoms. The summed E-state index contributed by atoms with van der Waals surface area (Å²) in [5.41, 5.74) is 0. The van der Waals surface area contributed by atoms with E-state index in [0.717, 1.165) is 54.5 Å². The van der Waals surface area contributed by atoms with Crippen LogP contribution < -0.4 is 4.74 Å². The van der Waals surface area contributed by atoms with Crippen LogP contribution in [0.15, 0.2) is 22.5 Å². The number of hydrogen-bond donors (Lipinski definition) is 0. The van der Waals surface area contributed by atoms with Gasteiger partial charge in [0.05, 0.1) is 0 Å². The molecule has 1 aromatic heterocycles. The molecule has 0 spiro atoms. The molecule has 2 heterocycles. The van der Waals surface area contributed by atoms with Crippen molar-refractivity contribution in [3.05, 3.63) is 12.2 Å². The van der Waals surface area contributed by atoms with E-state index in [1.165, 1.54) is 135 Å². The number of likely N-dealkylation sites (N-methyl/N-ethyl adjacent to an activating group) is 1. The first-order chi connectivity index (χ1) is 22.2.